The molecule has 3 aliphatic rings. The van der Waals surface area contributed by atoms with E-state index in [1.54, 1.807) is 6.92 Å². The first-order chi connectivity index (χ1) is 13.7. The molecule has 1 aliphatic carbocycles. The summed E-state index contributed by atoms with van der Waals surface area (Å²) in [6.45, 7) is 12.5. The molecule has 2 saturated heterocycles. The first-order valence-electron chi connectivity index (χ1n) is 10.9. The Hall–Kier alpha value is -1.67. The number of aromatic nitrogens is 2. The summed E-state index contributed by atoms with van der Waals surface area (Å²) in [5.41, 5.74) is 0.119. The Kier molecular flexibility index (Phi) is 5.36. The number of hydrogen-bond donors (Lipinski definition) is 0. The number of piperidine rings is 1. The number of amides is 1. The molecular formula is C21H33BN4O3. The van der Waals surface area contributed by atoms with Gasteiger partial charge in [-0.1, -0.05) is 0 Å². The van der Waals surface area contributed by atoms with Gasteiger partial charge in [-0.2, -0.15) is 0 Å². The Morgan fingerprint density at radius 3 is 2.14 bits per heavy atom. The molecule has 0 radical (unpaired) electrons. The zero-order chi connectivity index (χ0) is 20.8. The minimum absolute atomic E-state index is 0.184. The van der Waals surface area contributed by atoms with Crippen LogP contribution in [0.4, 0.5) is 5.95 Å². The normalized spacial score (nSPS) is 24.0. The second kappa shape index (κ2) is 7.54. The summed E-state index contributed by atoms with van der Waals surface area (Å²) in [7, 11) is -0.431. The minimum atomic E-state index is -0.431. The number of nitrogens with zero attached hydrogens (tertiary/aromatic N) is 4. The molecule has 3 heterocycles. The van der Waals surface area contributed by atoms with Gasteiger partial charge in [-0.05, 0) is 59.3 Å². The third-order valence-corrected chi connectivity index (χ3v) is 6.94. The van der Waals surface area contributed by atoms with E-state index in [2.05, 4.69) is 42.6 Å². The largest absolute Gasteiger partial charge is 0.498 e. The molecule has 3 fully saturated rings. The molecule has 0 atom stereocenters. The molecule has 0 spiro atoms. The van der Waals surface area contributed by atoms with Crippen molar-refractivity contribution >= 4 is 24.4 Å². The highest BCUT2D eigenvalue weighted by atomic mass is 16.7. The van der Waals surface area contributed by atoms with E-state index in [-0.39, 0.29) is 17.1 Å². The van der Waals surface area contributed by atoms with Crippen molar-refractivity contribution in [2.75, 3.05) is 24.5 Å². The van der Waals surface area contributed by atoms with Crippen molar-refractivity contribution in [3.05, 3.63) is 12.4 Å². The van der Waals surface area contributed by atoms with Gasteiger partial charge in [0.1, 0.15) is 0 Å². The molecule has 0 N–H and O–H groups in total. The first kappa shape index (κ1) is 20.6. The van der Waals surface area contributed by atoms with E-state index in [1.807, 2.05) is 17.3 Å². The van der Waals surface area contributed by atoms with Crippen LogP contribution in [0, 0.1) is 5.92 Å². The highest BCUT2D eigenvalue weighted by molar-refractivity contribution is 6.61. The SMILES string of the molecule is CC(=O)N1CCC(CN(c2ncc(B3OC(C)(C)C(C)(C)O3)cn2)C2CC2)CC1. The van der Waals surface area contributed by atoms with E-state index in [0.29, 0.717) is 12.0 Å². The third-order valence-electron chi connectivity index (χ3n) is 6.94. The highest BCUT2D eigenvalue weighted by Crippen LogP contribution is 2.36. The lowest BCUT2D eigenvalue weighted by Gasteiger charge is -2.34. The Bertz CT molecular complexity index is 727. The molecule has 4 rings (SSSR count). The lowest BCUT2D eigenvalue weighted by atomic mass is 9.81. The molecule has 2 aliphatic heterocycles. The summed E-state index contributed by atoms with van der Waals surface area (Å²) in [4.78, 5) is 25.2. The van der Waals surface area contributed by atoms with Crippen molar-refractivity contribution < 1.29 is 14.1 Å². The fraction of sp³-hybridized carbons (Fsp3) is 0.762. The summed E-state index contributed by atoms with van der Waals surface area (Å²) in [5, 5.41) is 0. The van der Waals surface area contributed by atoms with Gasteiger partial charge in [0, 0.05) is 50.5 Å². The fourth-order valence-corrected chi connectivity index (χ4v) is 4.07. The lowest BCUT2D eigenvalue weighted by Crippen LogP contribution is -2.42. The predicted molar refractivity (Wildman–Crippen MR) is 113 cm³/mol. The van der Waals surface area contributed by atoms with Gasteiger partial charge in [-0.25, -0.2) is 9.97 Å². The Labute approximate surface area is 174 Å². The van der Waals surface area contributed by atoms with Crippen LogP contribution < -0.4 is 10.4 Å². The number of hydrogen-bond acceptors (Lipinski definition) is 6. The van der Waals surface area contributed by atoms with E-state index >= 15 is 0 Å². The summed E-state index contributed by atoms with van der Waals surface area (Å²) in [5.74, 6) is 1.56. The van der Waals surface area contributed by atoms with E-state index in [4.69, 9.17) is 9.31 Å². The van der Waals surface area contributed by atoms with Crippen molar-refractivity contribution in [1.29, 1.82) is 0 Å². The van der Waals surface area contributed by atoms with Crippen molar-refractivity contribution in [3.8, 4) is 0 Å². The van der Waals surface area contributed by atoms with Gasteiger partial charge in [0.25, 0.3) is 0 Å². The maximum Gasteiger partial charge on any atom is 0.498 e. The van der Waals surface area contributed by atoms with Crippen LogP contribution in [-0.2, 0) is 14.1 Å². The van der Waals surface area contributed by atoms with E-state index in [9.17, 15) is 4.79 Å². The first-order valence-corrected chi connectivity index (χ1v) is 10.9. The standard InChI is InChI=1S/C21H33BN4O3/c1-15(27)25-10-8-16(9-11-25)14-26(18-6-7-18)19-23-12-17(13-24-19)22-28-20(2,3)21(4,5)29-22/h12-13,16,18H,6-11,14H2,1-5H3. The maximum atomic E-state index is 11.6. The van der Waals surface area contributed by atoms with Gasteiger partial charge in [-0.3, -0.25) is 4.79 Å². The molecule has 0 aromatic carbocycles. The van der Waals surface area contributed by atoms with Gasteiger partial charge in [0.05, 0.1) is 11.2 Å². The third kappa shape index (κ3) is 4.28. The van der Waals surface area contributed by atoms with Crippen molar-refractivity contribution in [2.45, 2.75) is 77.5 Å². The van der Waals surface area contributed by atoms with Crippen LogP contribution in [0.25, 0.3) is 0 Å². The van der Waals surface area contributed by atoms with Crippen LogP contribution >= 0.6 is 0 Å². The molecule has 0 unspecified atom stereocenters. The summed E-state index contributed by atoms with van der Waals surface area (Å²) in [6, 6.07) is 0.545. The Balaban J connectivity index is 1.41. The number of carbonyl (C=O) groups is 1. The average Bonchev–Trinajstić information content (AvgIpc) is 3.47. The van der Waals surface area contributed by atoms with Crippen molar-refractivity contribution in [3.63, 3.8) is 0 Å². The smallest absolute Gasteiger partial charge is 0.399 e. The molecule has 8 heteroatoms. The quantitative estimate of drug-likeness (QED) is 0.705. The van der Waals surface area contributed by atoms with Gasteiger partial charge in [0.2, 0.25) is 11.9 Å². The van der Waals surface area contributed by atoms with E-state index in [1.165, 1.54) is 12.8 Å². The van der Waals surface area contributed by atoms with Crippen LogP contribution in [0.3, 0.4) is 0 Å². The zero-order valence-electron chi connectivity index (χ0n) is 18.4. The van der Waals surface area contributed by atoms with Gasteiger partial charge >= 0.3 is 7.12 Å². The molecule has 1 saturated carbocycles. The molecule has 0 bridgehead atoms. The summed E-state index contributed by atoms with van der Waals surface area (Å²) < 4.78 is 12.2. The zero-order valence-corrected chi connectivity index (χ0v) is 18.4. The molecule has 1 amide bonds. The Morgan fingerprint density at radius 2 is 1.66 bits per heavy atom. The summed E-state index contributed by atoms with van der Waals surface area (Å²) in [6.07, 6.45) is 8.20. The lowest BCUT2D eigenvalue weighted by molar-refractivity contribution is -0.130. The second-order valence-corrected chi connectivity index (χ2v) is 9.74. The van der Waals surface area contributed by atoms with Crippen LogP contribution in [0.5, 0.6) is 0 Å². The van der Waals surface area contributed by atoms with E-state index in [0.717, 1.165) is 43.9 Å². The highest BCUT2D eigenvalue weighted by Gasteiger charge is 2.52. The fourth-order valence-electron chi connectivity index (χ4n) is 4.07. The van der Waals surface area contributed by atoms with Crippen LogP contribution in [0.1, 0.15) is 60.3 Å². The van der Waals surface area contributed by atoms with Gasteiger partial charge < -0.3 is 19.1 Å². The molecule has 7 nitrogen and oxygen atoms in total. The maximum absolute atomic E-state index is 11.6. The minimum Gasteiger partial charge on any atom is -0.399 e. The molecule has 158 valence electrons. The number of likely N-dealkylation sites (tertiary alicyclic amines) is 1. The number of rotatable bonds is 5. The van der Waals surface area contributed by atoms with Gasteiger partial charge in [0.15, 0.2) is 0 Å². The Morgan fingerprint density at radius 1 is 1.10 bits per heavy atom. The topological polar surface area (TPSA) is 67.8 Å². The predicted octanol–water partition coefficient (Wildman–Crippen LogP) is 2.00. The summed E-state index contributed by atoms with van der Waals surface area (Å²) >= 11 is 0. The molecule has 1 aromatic rings. The second-order valence-electron chi connectivity index (χ2n) is 9.74. The van der Waals surface area contributed by atoms with E-state index < -0.39 is 7.12 Å². The monoisotopic (exact) mass is 400 g/mol. The van der Waals surface area contributed by atoms with Crippen LogP contribution in [0.15, 0.2) is 12.4 Å². The van der Waals surface area contributed by atoms with Crippen molar-refractivity contribution in [2.24, 2.45) is 5.92 Å². The van der Waals surface area contributed by atoms with Crippen LogP contribution in [-0.4, -0.2) is 64.8 Å². The van der Waals surface area contributed by atoms with Gasteiger partial charge in [-0.15, -0.1) is 0 Å². The number of carbonyl (C=O) groups excluding carboxylic acids is 1. The molecule has 29 heavy (non-hydrogen) atoms. The number of anilines is 1. The molecule has 1 aromatic heterocycles. The van der Waals surface area contributed by atoms with Crippen molar-refractivity contribution in [1.82, 2.24) is 14.9 Å². The molecular weight excluding hydrogens is 367 g/mol. The average molecular weight is 400 g/mol. The van der Waals surface area contributed by atoms with Crippen LogP contribution in [0.2, 0.25) is 0 Å².